The van der Waals surface area contributed by atoms with Crippen molar-refractivity contribution in [2.24, 2.45) is 11.5 Å². The summed E-state index contributed by atoms with van der Waals surface area (Å²) in [5.41, 5.74) is 11.0. The molecule has 9 atom stereocenters. The van der Waals surface area contributed by atoms with Gasteiger partial charge in [-0.15, -0.1) is 0 Å². The Morgan fingerprint density at radius 1 is 1.10 bits per heavy atom. The summed E-state index contributed by atoms with van der Waals surface area (Å²) in [4.78, 5) is 14.7. The number of aliphatic hydroxyl groups is 7. The van der Waals surface area contributed by atoms with Crippen molar-refractivity contribution in [2.75, 3.05) is 40.0 Å². The number of halogens is 1. The molecule has 0 aromatic rings. The molecule has 1 saturated carbocycles. The molecule has 3 rings (SSSR count). The standard InChI is InChI=1S/C10H21N3O3.C8H17NO3.C5H9FO4.CH4O/c11-2-1-9(15)10(16)13-7-3-6(12)4-8(14)5-7;10-5-4-9-6-7-2-1-3-8(11)12-7;6-10-5-4(8)1-3(7)2-9-5;1-2/h6-9,14-15H,1-5,11-12H2,(H,13,16);7-11H,1-6H2;3-5,7-8H,1-2H2;2H,1H3/t;7?,8-;;/m.0../s1. The van der Waals surface area contributed by atoms with Crippen LogP contribution >= 0.6 is 0 Å². The molecule has 0 aromatic heterocycles. The molecule has 3 aliphatic rings. The van der Waals surface area contributed by atoms with Gasteiger partial charge < -0.3 is 67.3 Å². The minimum absolute atomic E-state index is 0.00560. The van der Waals surface area contributed by atoms with Crippen LogP contribution in [0.5, 0.6) is 0 Å². The van der Waals surface area contributed by atoms with E-state index in [0.29, 0.717) is 25.8 Å². The lowest BCUT2D eigenvalue weighted by Crippen LogP contribution is -2.49. The number of hydrogen-bond acceptors (Lipinski definition) is 14. The number of amides is 1. The summed E-state index contributed by atoms with van der Waals surface area (Å²) < 4.78 is 21.2. The van der Waals surface area contributed by atoms with Crippen LogP contribution in [-0.4, -0.2) is 137 Å². The normalized spacial score (nSPS) is 32.6. The summed E-state index contributed by atoms with van der Waals surface area (Å²) in [5, 5.41) is 67.0. The largest absolute Gasteiger partial charge is 0.400 e. The van der Waals surface area contributed by atoms with E-state index in [1.165, 1.54) is 0 Å². The van der Waals surface area contributed by atoms with Crippen molar-refractivity contribution in [3.05, 3.63) is 0 Å². The predicted molar refractivity (Wildman–Crippen MR) is 141 cm³/mol. The van der Waals surface area contributed by atoms with E-state index >= 15 is 0 Å². The molecule has 0 radical (unpaired) electrons. The van der Waals surface area contributed by atoms with Gasteiger partial charge in [-0.3, -0.25) is 4.79 Å². The zero-order valence-electron chi connectivity index (χ0n) is 23.2. The first-order chi connectivity index (χ1) is 19.1. The van der Waals surface area contributed by atoms with Crippen molar-refractivity contribution in [1.82, 2.24) is 10.6 Å². The van der Waals surface area contributed by atoms with Crippen molar-refractivity contribution in [3.63, 3.8) is 0 Å². The van der Waals surface area contributed by atoms with Gasteiger partial charge >= 0.3 is 0 Å². The van der Waals surface area contributed by atoms with E-state index in [1.54, 1.807) is 0 Å². The highest BCUT2D eigenvalue weighted by molar-refractivity contribution is 5.80. The van der Waals surface area contributed by atoms with E-state index in [2.05, 4.69) is 20.3 Å². The smallest absolute Gasteiger partial charge is 0.249 e. The fourth-order valence-electron chi connectivity index (χ4n) is 4.27. The summed E-state index contributed by atoms with van der Waals surface area (Å²) in [6.45, 7) is 1.73. The minimum atomic E-state index is -1.23. The lowest BCUT2D eigenvalue weighted by molar-refractivity contribution is -0.324. The van der Waals surface area contributed by atoms with Crippen LogP contribution in [0.25, 0.3) is 0 Å². The van der Waals surface area contributed by atoms with Crippen LogP contribution < -0.4 is 22.1 Å². The highest BCUT2D eigenvalue weighted by Crippen LogP contribution is 2.18. The van der Waals surface area contributed by atoms with Gasteiger partial charge in [0, 0.05) is 38.7 Å². The van der Waals surface area contributed by atoms with E-state index in [1.807, 2.05) is 0 Å². The van der Waals surface area contributed by atoms with E-state index in [0.717, 1.165) is 32.9 Å². The van der Waals surface area contributed by atoms with Crippen LogP contribution in [0, 0.1) is 0 Å². The molecule has 16 heteroatoms. The third-order valence-electron chi connectivity index (χ3n) is 6.16. The molecule has 2 aliphatic heterocycles. The van der Waals surface area contributed by atoms with E-state index in [-0.39, 0.29) is 50.8 Å². The lowest BCUT2D eigenvalue weighted by atomic mass is 9.89. The van der Waals surface area contributed by atoms with Crippen LogP contribution in [0.3, 0.4) is 0 Å². The Bertz CT molecular complexity index is 621. The van der Waals surface area contributed by atoms with Crippen LogP contribution in [0.15, 0.2) is 0 Å². The van der Waals surface area contributed by atoms with Gasteiger partial charge in [-0.05, 0) is 56.0 Å². The number of carbonyl (C=O) groups is 1. The third-order valence-corrected chi connectivity index (χ3v) is 6.16. The quantitative estimate of drug-likeness (QED) is 0.116. The molecule has 40 heavy (non-hydrogen) atoms. The van der Waals surface area contributed by atoms with Crippen LogP contribution in [-0.2, 0) is 19.2 Å². The lowest BCUT2D eigenvalue weighted by Gasteiger charge is -2.31. The molecule has 13 N–H and O–H groups in total. The highest BCUT2D eigenvalue weighted by atomic mass is 19.3. The average Bonchev–Trinajstić information content (AvgIpc) is 2.90. The molecule has 3 fully saturated rings. The van der Waals surface area contributed by atoms with Crippen molar-refractivity contribution in [3.8, 4) is 0 Å². The molecule has 2 saturated heterocycles. The number of nitrogens with one attached hydrogen (secondary N) is 2. The van der Waals surface area contributed by atoms with E-state index in [9.17, 15) is 19.5 Å². The monoisotopic (exact) mass is 590 g/mol. The van der Waals surface area contributed by atoms with Crippen LogP contribution in [0.2, 0.25) is 0 Å². The Hall–Kier alpha value is -1.12. The topological polar surface area (TPSA) is 262 Å². The summed E-state index contributed by atoms with van der Waals surface area (Å²) in [7, 11) is 1.00. The van der Waals surface area contributed by atoms with Gasteiger partial charge in [0.1, 0.15) is 12.2 Å². The molecule has 0 aromatic carbocycles. The fourth-order valence-corrected chi connectivity index (χ4v) is 4.27. The van der Waals surface area contributed by atoms with Gasteiger partial charge in [-0.2, -0.15) is 4.94 Å². The van der Waals surface area contributed by atoms with Gasteiger partial charge in [0.25, 0.3) is 0 Å². The fraction of sp³-hybridized carbons (Fsp3) is 0.958. The Morgan fingerprint density at radius 3 is 2.35 bits per heavy atom. The molecule has 8 unspecified atom stereocenters. The number of rotatable bonds is 9. The maximum atomic E-state index is 11.5. The third kappa shape index (κ3) is 17.6. The maximum absolute atomic E-state index is 11.5. The molecular weight excluding hydrogens is 539 g/mol. The van der Waals surface area contributed by atoms with Crippen molar-refractivity contribution in [2.45, 2.75) is 107 Å². The second-order valence-electron chi connectivity index (χ2n) is 9.74. The molecule has 1 amide bonds. The molecular formula is C24H51FN4O11. The zero-order chi connectivity index (χ0) is 30.5. The van der Waals surface area contributed by atoms with Gasteiger partial charge in [-0.1, -0.05) is 0 Å². The maximum Gasteiger partial charge on any atom is 0.249 e. The van der Waals surface area contributed by atoms with Crippen LogP contribution in [0.1, 0.15) is 51.4 Å². The molecule has 15 nitrogen and oxygen atoms in total. The van der Waals surface area contributed by atoms with Crippen LogP contribution in [0.4, 0.5) is 4.53 Å². The number of carbonyl (C=O) groups excluding carboxylic acids is 1. The summed E-state index contributed by atoms with van der Waals surface area (Å²) in [6, 6.07) is -0.251. The summed E-state index contributed by atoms with van der Waals surface area (Å²) >= 11 is 0. The molecule has 0 bridgehead atoms. The van der Waals surface area contributed by atoms with Crippen molar-refractivity contribution >= 4 is 5.91 Å². The summed E-state index contributed by atoms with van der Waals surface area (Å²) in [5.74, 6) is -0.434. The first-order valence-electron chi connectivity index (χ1n) is 13.6. The number of hydrogen-bond donors (Lipinski definition) is 11. The second kappa shape index (κ2) is 23.4. The Labute approximate surface area is 234 Å². The van der Waals surface area contributed by atoms with Crippen molar-refractivity contribution < 1.29 is 59.5 Å². The average molecular weight is 591 g/mol. The number of nitrogens with two attached hydrogens (primary N) is 2. The zero-order valence-corrected chi connectivity index (χ0v) is 23.2. The van der Waals surface area contributed by atoms with Gasteiger partial charge in [0.05, 0.1) is 31.5 Å². The molecule has 2 heterocycles. The predicted octanol–water partition coefficient (Wildman–Crippen LogP) is -3.53. The van der Waals surface area contributed by atoms with Gasteiger partial charge in [0.15, 0.2) is 6.29 Å². The number of aliphatic hydroxyl groups excluding tert-OH is 7. The van der Waals surface area contributed by atoms with Gasteiger partial charge in [0.2, 0.25) is 12.2 Å². The minimum Gasteiger partial charge on any atom is -0.400 e. The van der Waals surface area contributed by atoms with E-state index < -0.39 is 42.9 Å². The Balaban J connectivity index is 0.000000567. The first kappa shape index (κ1) is 38.9. The molecule has 240 valence electrons. The first-order valence-corrected chi connectivity index (χ1v) is 13.6. The SMILES string of the molecule is CO.NCCC(O)C(=O)NC1CC(N)CC(O)C1.OC1COC(OF)C(O)C1.OCCNCC1CCC[C@@H](O)O1. The van der Waals surface area contributed by atoms with Crippen molar-refractivity contribution in [1.29, 1.82) is 0 Å². The number of ether oxygens (including phenoxy) is 2. The van der Waals surface area contributed by atoms with Gasteiger partial charge in [-0.25, -0.2) is 0 Å². The molecule has 0 spiro atoms. The Morgan fingerprint density at radius 2 is 1.80 bits per heavy atom. The second-order valence-corrected chi connectivity index (χ2v) is 9.74. The molecule has 1 aliphatic carbocycles. The van der Waals surface area contributed by atoms with E-state index in [4.69, 9.17) is 41.7 Å². The highest BCUT2D eigenvalue weighted by Gasteiger charge is 2.30. The summed E-state index contributed by atoms with van der Waals surface area (Å²) in [6.07, 6.45) is -0.245. The Kier molecular flexibility index (Phi) is 22.8.